The van der Waals surface area contributed by atoms with Crippen molar-refractivity contribution in [2.24, 2.45) is 5.92 Å². The molecule has 1 fully saturated rings. The molecule has 0 bridgehead atoms. The SMILES string of the molecule is CC1C(C(=O)O)CC(=O)N1c1cccc(F)c1. The van der Waals surface area contributed by atoms with Crippen molar-refractivity contribution in [3.63, 3.8) is 0 Å². The van der Waals surface area contributed by atoms with Crippen molar-refractivity contribution in [1.29, 1.82) is 0 Å². The zero-order valence-corrected chi connectivity index (χ0v) is 9.26. The van der Waals surface area contributed by atoms with Gasteiger partial charge in [-0.05, 0) is 25.1 Å². The molecule has 1 N–H and O–H groups in total. The van der Waals surface area contributed by atoms with Crippen LogP contribution in [0.1, 0.15) is 13.3 Å². The van der Waals surface area contributed by atoms with Crippen LogP contribution in [0.15, 0.2) is 24.3 Å². The van der Waals surface area contributed by atoms with Crippen molar-refractivity contribution in [2.45, 2.75) is 19.4 Å². The van der Waals surface area contributed by atoms with Crippen molar-refractivity contribution in [2.75, 3.05) is 4.90 Å². The minimum Gasteiger partial charge on any atom is -0.481 e. The number of rotatable bonds is 2. The van der Waals surface area contributed by atoms with Gasteiger partial charge in [0.15, 0.2) is 0 Å². The predicted octanol–water partition coefficient (Wildman–Crippen LogP) is 1.65. The number of carbonyl (C=O) groups is 2. The van der Waals surface area contributed by atoms with Gasteiger partial charge in [-0.15, -0.1) is 0 Å². The summed E-state index contributed by atoms with van der Waals surface area (Å²) in [4.78, 5) is 24.0. The van der Waals surface area contributed by atoms with E-state index in [-0.39, 0.29) is 12.3 Å². The number of halogens is 1. The largest absolute Gasteiger partial charge is 0.481 e. The molecular weight excluding hydrogens is 225 g/mol. The molecule has 4 nitrogen and oxygen atoms in total. The number of amides is 1. The highest BCUT2D eigenvalue weighted by Crippen LogP contribution is 2.31. The van der Waals surface area contributed by atoms with E-state index in [4.69, 9.17) is 5.11 Å². The van der Waals surface area contributed by atoms with Gasteiger partial charge in [-0.25, -0.2) is 4.39 Å². The van der Waals surface area contributed by atoms with E-state index in [0.29, 0.717) is 5.69 Å². The van der Waals surface area contributed by atoms with Crippen molar-refractivity contribution < 1.29 is 19.1 Å². The van der Waals surface area contributed by atoms with Crippen molar-refractivity contribution in [1.82, 2.24) is 0 Å². The van der Waals surface area contributed by atoms with E-state index in [1.54, 1.807) is 13.0 Å². The van der Waals surface area contributed by atoms with Crippen molar-refractivity contribution >= 4 is 17.6 Å². The van der Waals surface area contributed by atoms with Gasteiger partial charge in [-0.2, -0.15) is 0 Å². The molecule has 1 heterocycles. The lowest BCUT2D eigenvalue weighted by atomic mass is 10.0. The molecule has 1 aromatic carbocycles. The third-order valence-corrected chi connectivity index (χ3v) is 3.06. The van der Waals surface area contributed by atoms with Crippen LogP contribution in [0.2, 0.25) is 0 Å². The van der Waals surface area contributed by atoms with Crippen LogP contribution in [0, 0.1) is 11.7 Å². The Bertz CT molecular complexity index is 475. The van der Waals surface area contributed by atoms with Crippen LogP contribution < -0.4 is 4.90 Å². The van der Waals surface area contributed by atoms with Gasteiger partial charge in [-0.3, -0.25) is 9.59 Å². The summed E-state index contributed by atoms with van der Waals surface area (Å²) in [6.45, 7) is 1.66. The normalized spacial score (nSPS) is 24.1. The van der Waals surface area contributed by atoms with Gasteiger partial charge in [0.1, 0.15) is 5.82 Å². The summed E-state index contributed by atoms with van der Waals surface area (Å²) in [5.74, 6) is -2.45. The lowest BCUT2D eigenvalue weighted by Gasteiger charge is -2.23. The van der Waals surface area contributed by atoms with E-state index < -0.39 is 23.7 Å². The number of hydrogen-bond acceptors (Lipinski definition) is 2. The third-order valence-electron chi connectivity index (χ3n) is 3.06. The van der Waals surface area contributed by atoms with Crippen molar-refractivity contribution in [3.05, 3.63) is 30.1 Å². The molecule has 0 aliphatic carbocycles. The lowest BCUT2D eigenvalue weighted by Crippen LogP contribution is -2.34. The molecule has 1 aromatic rings. The lowest BCUT2D eigenvalue weighted by molar-refractivity contribution is -0.142. The summed E-state index contributed by atoms with van der Waals surface area (Å²) in [5, 5.41) is 8.97. The smallest absolute Gasteiger partial charge is 0.309 e. The summed E-state index contributed by atoms with van der Waals surface area (Å²) in [6, 6.07) is 5.16. The van der Waals surface area contributed by atoms with Crippen LogP contribution in [0.3, 0.4) is 0 Å². The average molecular weight is 237 g/mol. The fraction of sp³-hybridized carbons (Fsp3) is 0.333. The highest BCUT2D eigenvalue weighted by molar-refractivity contribution is 6.00. The molecule has 1 saturated heterocycles. The van der Waals surface area contributed by atoms with Crippen LogP contribution in [0.25, 0.3) is 0 Å². The molecule has 2 atom stereocenters. The first-order valence-electron chi connectivity index (χ1n) is 5.31. The Hall–Kier alpha value is -1.91. The molecule has 5 heteroatoms. The molecule has 0 saturated carbocycles. The van der Waals surface area contributed by atoms with Gasteiger partial charge >= 0.3 is 5.97 Å². The maximum Gasteiger partial charge on any atom is 0.309 e. The number of anilines is 1. The molecule has 0 aromatic heterocycles. The number of hydrogen-bond donors (Lipinski definition) is 1. The van der Waals surface area contributed by atoms with Crippen LogP contribution in [-0.4, -0.2) is 23.0 Å². The topological polar surface area (TPSA) is 57.6 Å². The maximum atomic E-state index is 13.1. The summed E-state index contributed by atoms with van der Waals surface area (Å²) in [5.41, 5.74) is 0.409. The van der Waals surface area contributed by atoms with Gasteiger partial charge in [0.25, 0.3) is 0 Å². The number of carboxylic acids is 1. The Balaban J connectivity index is 2.33. The molecule has 2 unspecified atom stereocenters. The summed E-state index contributed by atoms with van der Waals surface area (Å²) in [6.07, 6.45) is -0.0347. The fourth-order valence-corrected chi connectivity index (χ4v) is 2.16. The second kappa shape index (κ2) is 4.16. The predicted molar refractivity (Wildman–Crippen MR) is 59.1 cm³/mol. The zero-order valence-electron chi connectivity index (χ0n) is 9.26. The number of benzene rings is 1. The molecule has 90 valence electrons. The zero-order chi connectivity index (χ0) is 12.6. The maximum absolute atomic E-state index is 13.1. The molecule has 1 amide bonds. The van der Waals surface area contributed by atoms with Gasteiger partial charge in [0, 0.05) is 18.2 Å². The second-order valence-corrected chi connectivity index (χ2v) is 4.13. The highest BCUT2D eigenvalue weighted by atomic mass is 19.1. The average Bonchev–Trinajstić information content (AvgIpc) is 2.54. The van der Waals surface area contributed by atoms with Gasteiger partial charge in [0.2, 0.25) is 5.91 Å². The van der Waals surface area contributed by atoms with E-state index in [0.717, 1.165) is 0 Å². The summed E-state index contributed by atoms with van der Waals surface area (Å²) >= 11 is 0. The number of carboxylic acid groups (broad SMARTS) is 1. The van der Waals surface area contributed by atoms with Crippen LogP contribution in [0.4, 0.5) is 10.1 Å². The van der Waals surface area contributed by atoms with E-state index in [9.17, 15) is 14.0 Å². The van der Waals surface area contributed by atoms with Crippen molar-refractivity contribution in [3.8, 4) is 0 Å². The molecule has 0 radical (unpaired) electrons. The second-order valence-electron chi connectivity index (χ2n) is 4.13. The van der Waals surface area contributed by atoms with E-state index in [2.05, 4.69) is 0 Å². The van der Waals surface area contributed by atoms with Gasteiger partial charge < -0.3 is 10.0 Å². The molecule has 1 aliphatic heterocycles. The van der Waals surface area contributed by atoms with Gasteiger partial charge in [0.05, 0.1) is 5.92 Å². The van der Waals surface area contributed by atoms with Crippen LogP contribution >= 0.6 is 0 Å². The Morgan fingerprint density at radius 3 is 2.76 bits per heavy atom. The highest BCUT2D eigenvalue weighted by Gasteiger charge is 2.41. The Kier molecular flexibility index (Phi) is 2.83. The molecular formula is C12H12FNO3. The van der Waals surface area contributed by atoms with Gasteiger partial charge in [-0.1, -0.05) is 6.07 Å². The fourth-order valence-electron chi connectivity index (χ4n) is 2.16. The summed E-state index contributed by atoms with van der Waals surface area (Å²) in [7, 11) is 0. The minimum absolute atomic E-state index is 0.0347. The number of aliphatic carboxylic acids is 1. The van der Waals surface area contributed by atoms with E-state index in [1.165, 1.54) is 23.1 Å². The first-order chi connectivity index (χ1) is 8.00. The minimum atomic E-state index is -0.996. The van der Waals surface area contributed by atoms with E-state index >= 15 is 0 Å². The number of nitrogens with zero attached hydrogens (tertiary/aromatic N) is 1. The Morgan fingerprint density at radius 1 is 1.53 bits per heavy atom. The number of carbonyl (C=O) groups excluding carboxylic acids is 1. The Labute approximate surface area is 97.7 Å². The molecule has 17 heavy (non-hydrogen) atoms. The molecule has 0 spiro atoms. The molecule has 2 rings (SSSR count). The van der Waals surface area contributed by atoms with E-state index in [1.807, 2.05) is 0 Å². The molecule has 1 aliphatic rings. The Morgan fingerprint density at radius 2 is 2.24 bits per heavy atom. The standard InChI is InChI=1S/C12H12FNO3/c1-7-10(12(16)17)6-11(15)14(7)9-4-2-3-8(13)5-9/h2-5,7,10H,6H2,1H3,(H,16,17). The summed E-state index contributed by atoms with van der Waals surface area (Å²) < 4.78 is 13.1. The monoisotopic (exact) mass is 237 g/mol. The van der Waals surface area contributed by atoms with Crippen LogP contribution in [-0.2, 0) is 9.59 Å². The first kappa shape index (κ1) is 11.6. The first-order valence-corrected chi connectivity index (χ1v) is 5.31. The quantitative estimate of drug-likeness (QED) is 0.850. The van der Waals surface area contributed by atoms with Crippen LogP contribution in [0.5, 0.6) is 0 Å². The third kappa shape index (κ3) is 2.00.